The SMILES string of the molecule is CCOC(=O)[C@@]1(C/C=C/c2ccccc2)CCCN(Cc2cnn(C(C)C)c2)C1. The van der Waals surface area contributed by atoms with Gasteiger partial charge in [-0.1, -0.05) is 42.5 Å². The minimum atomic E-state index is -0.479. The molecule has 0 bridgehead atoms. The molecule has 0 amide bonds. The van der Waals surface area contributed by atoms with Crippen LogP contribution in [-0.2, 0) is 16.1 Å². The monoisotopic (exact) mass is 395 g/mol. The van der Waals surface area contributed by atoms with Gasteiger partial charge in [0, 0.05) is 30.9 Å². The molecule has 1 fully saturated rings. The zero-order chi connectivity index (χ0) is 20.7. The molecule has 0 aliphatic carbocycles. The van der Waals surface area contributed by atoms with Crippen molar-refractivity contribution in [2.45, 2.75) is 52.6 Å². The van der Waals surface area contributed by atoms with Crippen LogP contribution in [0, 0.1) is 5.41 Å². The van der Waals surface area contributed by atoms with E-state index in [0.29, 0.717) is 19.1 Å². The molecule has 1 atom stereocenters. The third-order valence-corrected chi connectivity index (χ3v) is 5.57. The summed E-state index contributed by atoms with van der Waals surface area (Å²) in [7, 11) is 0. The van der Waals surface area contributed by atoms with Gasteiger partial charge in [-0.25, -0.2) is 0 Å². The van der Waals surface area contributed by atoms with Gasteiger partial charge < -0.3 is 4.74 Å². The number of hydrogen-bond acceptors (Lipinski definition) is 4. The van der Waals surface area contributed by atoms with Gasteiger partial charge in [0.2, 0.25) is 0 Å². The summed E-state index contributed by atoms with van der Waals surface area (Å²) in [5.41, 5.74) is 1.87. The summed E-state index contributed by atoms with van der Waals surface area (Å²) in [6.45, 7) is 9.09. The predicted octanol–water partition coefficient (Wildman–Crippen LogP) is 4.71. The highest BCUT2D eigenvalue weighted by Gasteiger charge is 2.42. The lowest BCUT2D eigenvalue weighted by atomic mass is 9.76. The van der Waals surface area contributed by atoms with Crippen LogP contribution in [0.4, 0.5) is 0 Å². The van der Waals surface area contributed by atoms with E-state index in [-0.39, 0.29) is 5.97 Å². The highest BCUT2D eigenvalue weighted by atomic mass is 16.5. The number of aromatic nitrogens is 2. The Morgan fingerprint density at radius 3 is 2.79 bits per heavy atom. The van der Waals surface area contributed by atoms with E-state index in [9.17, 15) is 4.79 Å². The Kier molecular flexibility index (Phi) is 7.26. The van der Waals surface area contributed by atoms with Crippen molar-refractivity contribution < 1.29 is 9.53 Å². The molecule has 5 nitrogen and oxygen atoms in total. The molecule has 2 aromatic rings. The van der Waals surface area contributed by atoms with E-state index in [1.54, 1.807) is 0 Å². The lowest BCUT2D eigenvalue weighted by Crippen LogP contribution is -2.48. The highest BCUT2D eigenvalue weighted by molar-refractivity contribution is 5.77. The van der Waals surface area contributed by atoms with Gasteiger partial charge in [-0.15, -0.1) is 0 Å². The molecule has 1 aliphatic rings. The fourth-order valence-electron chi connectivity index (χ4n) is 4.05. The molecule has 0 radical (unpaired) electrons. The minimum absolute atomic E-state index is 0.0692. The fourth-order valence-corrected chi connectivity index (χ4v) is 4.05. The first-order chi connectivity index (χ1) is 14.0. The third kappa shape index (κ3) is 5.57. The normalized spacial score (nSPS) is 20.4. The van der Waals surface area contributed by atoms with Crippen LogP contribution in [0.2, 0.25) is 0 Å². The number of likely N-dealkylation sites (tertiary alicyclic amines) is 1. The van der Waals surface area contributed by atoms with Crippen LogP contribution in [0.25, 0.3) is 6.08 Å². The maximum absolute atomic E-state index is 13.0. The molecule has 1 saturated heterocycles. The molecule has 0 N–H and O–H groups in total. The largest absolute Gasteiger partial charge is 0.466 e. The summed E-state index contributed by atoms with van der Waals surface area (Å²) in [5.74, 6) is -0.0692. The number of esters is 1. The molecular weight excluding hydrogens is 362 g/mol. The van der Waals surface area contributed by atoms with E-state index >= 15 is 0 Å². The molecule has 0 saturated carbocycles. The van der Waals surface area contributed by atoms with Crippen LogP contribution in [0.3, 0.4) is 0 Å². The van der Waals surface area contributed by atoms with E-state index in [1.807, 2.05) is 36.0 Å². The number of piperidine rings is 1. The summed E-state index contributed by atoms with van der Waals surface area (Å²) < 4.78 is 7.49. The number of nitrogens with zero attached hydrogens (tertiary/aromatic N) is 3. The Balaban J connectivity index is 1.72. The van der Waals surface area contributed by atoms with E-state index in [0.717, 1.165) is 38.0 Å². The summed E-state index contributed by atoms with van der Waals surface area (Å²) >= 11 is 0. The predicted molar refractivity (Wildman–Crippen MR) is 116 cm³/mol. The lowest BCUT2D eigenvalue weighted by molar-refractivity contribution is -0.159. The molecule has 1 aromatic heterocycles. The van der Waals surface area contributed by atoms with Crippen molar-refractivity contribution in [2.24, 2.45) is 5.41 Å². The molecule has 29 heavy (non-hydrogen) atoms. The van der Waals surface area contributed by atoms with Gasteiger partial charge in [0.1, 0.15) is 0 Å². The zero-order valence-corrected chi connectivity index (χ0v) is 17.9. The second-order valence-corrected chi connectivity index (χ2v) is 8.25. The van der Waals surface area contributed by atoms with Gasteiger partial charge in [0.25, 0.3) is 0 Å². The first kappa shape index (κ1) is 21.3. The van der Waals surface area contributed by atoms with Gasteiger partial charge in [-0.3, -0.25) is 14.4 Å². The molecule has 0 unspecified atom stereocenters. The van der Waals surface area contributed by atoms with Gasteiger partial charge in [-0.05, 0) is 52.1 Å². The first-order valence-corrected chi connectivity index (χ1v) is 10.7. The molecule has 2 heterocycles. The fraction of sp³-hybridized carbons (Fsp3) is 0.500. The summed E-state index contributed by atoms with van der Waals surface area (Å²) in [6, 6.07) is 10.6. The lowest BCUT2D eigenvalue weighted by Gasteiger charge is -2.40. The van der Waals surface area contributed by atoms with Gasteiger partial charge in [0.15, 0.2) is 0 Å². The van der Waals surface area contributed by atoms with Crippen molar-refractivity contribution in [1.82, 2.24) is 14.7 Å². The number of carbonyl (C=O) groups excluding carboxylic acids is 1. The maximum Gasteiger partial charge on any atom is 0.313 e. The van der Waals surface area contributed by atoms with Crippen LogP contribution in [0.1, 0.15) is 57.2 Å². The molecule has 1 aliphatic heterocycles. The van der Waals surface area contributed by atoms with Crippen molar-refractivity contribution in [3.05, 3.63) is 59.9 Å². The standard InChI is InChI=1S/C24H33N3O2/c1-4-29-23(28)24(13-8-12-21-10-6-5-7-11-21)14-9-15-26(19-24)17-22-16-25-27(18-22)20(2)3/h5-8,10-12,16,18,20H,4,9,13-15,17,19H2,1-3H3/b12-8+/t24-/m0/s1. The second-order valence-electron chi connectivity index (χ2n) is 8.25. The molecule has 0 spiro atoms. The molecular formula is C24H33N3O2. The Bertz CT molecular complexity index is 813. The van der Waals surface area contributed by atoms with Crippen molar-refractivity contribution in [3.63, 3.8) is 0 Å². The molecule has 1 aromatic carbocycles. The molecule has 156 valence electrons. The number of carbonyl (C=O) groups is 1. The summed E-state index contributed by atoms with van der Waals surface area (Å²) in [5, 5.41) is 4.45. The van der Waals surface area contributed by atoms with E-state index in [1.165, 1.54) is 5.56 Å². The van der Waals surface area contributed by atoms with Crippen LogP contribution < -0.4 is 0 Å². The number of benzene rings is 1. The number of ether oxygens (including phenoxy) is 1. The Morgan fingerprint density at radius 2 is 2.10 bits per heavy atom. The Labute approximate surface area is 174 Å². The summed E-state index contributed by atoms with van der Waals surface area (Å²) in [6.07, 6.45) is 10.8. The quantitative estimate of drug-likeness (QED) is 0.607. The maximum atomic E-state index is 13.0. The average Bonchev–Trinajstić information content (AvgIpc) is 3.18. The smallest absolute Gasteiger partial charge is 0.313 e. The van der Waals surface area contributed by atoms with E-state index in [4.69, 9.17) is 4.74 Å². The minimum Gasteiger partial charge on any atom is -0.466 e. The Hall–Kier alpha value is -2.40. The van der Waals surface area contributed by atoms with Gasteiger partial charge >= 0.3 is 5.97 Å². The second kappa shape index (κ2) is 9.88. The third-order valence-electron chi connectivity index (χ3n) is 5.57. The summed E-state index contributed by atoms with van der Waals surface area (Å²) in [4.78, 5) is 15.3. The van der Waals surface area contributed by atoms with E-state index < -0.39 is 5.41 Å². The van der Waals surface area contributed by atoms with Crippen LogP contribution in [0.15, 0.2) is 48.8 Å². The van der Waals surface area contributed by atoms with Crippen LogP contribution >= 0.6 is 0 Å². The van der Waals surface area contributed by atoms with Crippen LogP contribution in [-0.4, -0.2) is 40.3 Å². The van der Waals surface area contributed by atoms with Crippen molar-refractivity contribution in [1.29, 1.82) is 0 Å². The number of allylic oxidation sites excluding steroid dienone is 1. The average molecular weight is 396 g/mol. The molecule has 5 heteroatoms. The van der Waals surface area contributed by atoms with Crippen molar-refractivity contribution >= 4 is 12.0 Å². The number of hydrogen-bond donors (Lipinski definition) is 0. The van der Waals surface area contributed by atoms with Crippen LogP contribution in [0.5, 0.6) is 0 Å². The van der Waals surface area contributed by atoms with Crippen molar-refractivity contribution in [3.8, 4) is 0 Å². The first-order valence-electron chi connectivity index (χ1n) is 10.7. The Morgan fingerprint density at radius 1 is 1.31 bits per heavy atom. The van der Waals surface area contributed by atoms with Gasteiger partial charge in [-0.2, -0.15) is 5.10 Å². The highest BCUT2D eigenvalue weighted by Crippen LogP contribution is 2.36. The van der Waals surface area contributed by atoms with E-state index in [2.05, 4.69) is 54.3 Å². The topological polar surface area (TPSA) is 47.4 Å². The van der Waals surface area contributed by atoms with Gasteiger partial charge in [0.05, 0.1) is 18.2 Å². The zero-order valence-electron chi connectivity index (χ0n) is 17.9. The molecule has 3 rings (SSSR count). The number of rotatable bonds is 8. The van der Waals surface area contributed by atoms with Crippen molar-refractivity contribution in [2.75, 3.05) is 19.7 Å².